The van der Waals surface area contributed by atoms with E-state index in [2.05, 4.69) is 4.98 Å². The number of carbonyl (C=O) groups excluding carboxylic acids is 1. The number of ether oxygens (including phenoxy) is 2. The third-order valence-electron chi connectivity index (χ3n) is 2.52. The van der Waals surface area contributed by atoms with E-state index in [1.165, 1.54) is 0 Å². The summed E-state index contributed by atoms with van der Waals surface area (Å²) in [6.45, 7) is 3.90. The lowest BCUT2D eigenvalue weighted by molar-refractivity contribution is -0.00565. The molecule has 0 amide bonds. The van der Waals surface area contributed by atoms with Crippen LogP contribution in [-0.2, 0) is 9.47 Å². The second-order valence-electron chi connectivity index (χ2n) is 4.34. The van der Waals surface area contributed by atoms with Crippen molar-refractivity contribution in [3.05, 3.63) is 28.8 Å². The minimum Gasteiger partial charge on any atom is -0.462 e. The summed E-state index contributed by atoms with van der Waals surface area (Å²) in [5.74, 6) is -1.33. The van der Waals surface area contributed by atoms with Crippen LogP contribution in [0.1, 0.15) is 30.6 Å². The monoisotopic (exact) mass is 275 g/mol. The van der Waals surface area contributed by atoms with E-state index in [1.807, 2.05) is 13.8 Å². The Kier molecular flexibility index (Phi) is 5.04. The van der Waals surface area contributed by atoms with Crippen molar-refractivity contribution in [3.63, 3.8) is 0 Å². The molecule has 1 rings (SSSR count). The predicted octanol–water partition coefficient (Wildman–Crippen LogP) is 2.85. The summed E-state index contributed by atoms with van der Waals surface area (Å²) in [6.07, 6.45) is 1.46. The van der Waals surface area contributed by atoms with E-state index in [0.717, 1.165) is 12.3 Å². The number of methoxy groups -OCH3 is 1. The molecule has 0 radical (unpaired) electrons. The Labute approximate surface area is 110 Å². The normalized spacial score (nSPS) is 11.4. The average Bonchev–Trinajstić information content (AvgIpc) is 2.32. The number of carbonyl (C=O) groups is 1. The number of pyridine rings is 1. The molecule has 0 aliphatic carbocycles. The quantitative estimate of drug-likeness (QED) is 0.612. The third-order valence-corrected chi connectivity index (χ3v) is 2.82. The van der Waals surface area contributed by atoms with Gasteiger partial charge in [-0.15, -0.1) is 0 Å². The molecule has 0 N–H and O–H groups in total. The fourth-order valence-corrected chi connectivity index (χ4v) is 1.32. The molecule has 1 aromatic rings. The van der Waals surface area contributed by atoms with E-state index >= 15 is 0 Å². The van der Waals surface area contributed by atoms with E-state index in [1.54, 1.807) is 7.11 Å². The van der Waals surface area contributed by atoms with Crippen LogP contribution < -0.4 is 0 Å². The van der Waals surface area contributed by atoms with E-state index in [0.29, 0.717) is 6.42 Å². The zero-order chi connectivity index (χ0) is 13.8. The van der Waals surface area contributed by atoms with Crippen LogP contribution in [0.25, 0.3) is 0 Å². The summed E-state index contributed by atoms with van der Waals surface area (Å²) in [6, 6.07) is 0.999. The Morgan fingerprint density at radius 3 is 2.83 bits per heavy atom. The summed E-state index contributed by atoms with van der Waals surface area (Å²) in [7, 11) is 1.58. The van der Waals surface area contributed by atoms with Gasteiger partial charge < -0.3 is 9.47 Å². The molecule has 0 saturated carbocycles. The highest BCUT2D eigenvalue weighted by Crippen LogP contribution is 2.17. The van der Waals surface area contributed by atoms with E-state index < -0.39 is 11.8 Å². The second-order valence-corrected chi connectivity index (χ2v) is 4.70. The standard InChI is InChI=1S/C12H15ClFNO3/c1-12(2,17-3)4-5-18-11(16)9-6-8(14)7-15-10(9)13/h6-7H,4-5H2,1-3H3. The smallest absolute Gasteiger partial charge is 0.341 e. The van der Waals surface area contributed by atoms with Crippen molar-refractivity contribution in [3.8, 4) is 0 Å². The molecule has 0 fully saturated rings. The molecule has 6 heteroatoms. The van der Waals surface area contributed by atoms with Crippen LogP contribution in [0.15, 0.2) is 12.3 Å². The van der Waals surface area contributed by atoms with Gasteiger partial charge in [-0.2, -0.15) is 0 Å². The van der Waals surface area contributed by atoms with Crippen LogP contribution in [0.5, 0.6) is 0 Å². The Balaban J connectivity index is 2.58. The average molecular weight is 276 g/mol. The van der Waals surface area contributed by atoms with E-state index in [-0.39, 0.29) is 22.9 Å². The highest BCUT2D eigenvalue weighted by molar-refractivity contribution is 6.32. The lowest BCUT2D eigenvalue weighted by Gasteiger charge is -2.22. The van der Waals surface area contributed by atoms with Gasteiger partial charge in [0.05, 0.1) is 24.0 Å². The minimum atomic E-state index is -0.695. The van der Waals surface area contributed by atoms with Crippen LogP contribution in [0.3, 0.4) is 0 Å². The topological polar surface area (TPSA) is 48.4 Å². The summed E-state index contributed by atoms with van der Waals surface area (Å²) < 4.78 is 23.1. The Hall–Kier alpha value is -1.20. The van der Waals surface area contributed by atoms with Crippen LogP contribution in [0.4, 0.5) is 4.39 Å². The predicted molar refractivity (Wildman–Crippen MR) is 65.2 cm³/mol. The number of hydrogen-bond donors (Lipinski definition) is 0. The molecule has 0 bridgehead atoms. The molecular formula is C12H15ClFNO3. The molecule has 0 aliphatic heterocycles. The summed E-state index contributed by atoms with van der Waals surface area (Å²) in [4.78, 5) is 15.2. The van der Waals surface area contributed by atoms with Gasteiger partial charge in [-0.05, 0) is 19.9 Å². The molecule has 0 unspecified atom stereocenters. The van der Waals surface area contributed by atoms with Gasteiger partial charge in [0, 0.05) is 13.5 Å². The van der Waals surface area contributed by atoms with Crippen molar-refractivity contribution in [1.29, 1.82) is 0 Å². The fourth-order valence-electron chi connectivity index (χ4n) is 1.14. The van der Waals surface area contributed by atoms with E-state index in [9.17, 15) is 9.18 Å². The van der Waals surface area contributed by atoms with Crippen LogP contribution in [0.2, 0.25) is 5.15 Å². The molecule has 1 heterocycles. The van der Waals surface area contributed by atoms with Crippen LogP contribution in [0, 0.1) is 5.82 Å². The number of rotatable bonds is 5. The Morgan fingerprint density at radius 1 is 1.56 bits per heavy atom. The lowest BCUT2D eigenvalue weighted by Crippen LogP contribution is -2.25. The van der Waals surface area contributed by atoms with Crippen molar-refractivity contribution in [2.75, 3.05) is 13.7 Å². The van der Waals surface area contributed by atoms with Crippen LogP contribution in [-0.4, -0.2) is 30.3 Å². The first-order valence-electron chi connectivity index (χ1n) is 5.39. The number of halogens is 2. The molecule has 0 aliphatic rings. The van der Waals surface area contributed by atoms with Gasteiger partial charge in [-0.1, -0.05) is 11.6 Å². The van der Waals surface area contributed by atoms with Crippen molar-refractivity contribution >= 4 is 17.6 Å². The molecule has 100 valence electrons. The van der Waals surface area contributed by atoms with Gasteiger partial charge in [-0.25, -0.2) is 14.2 Å². The van der Waals surface area contributed by atoms with Gasteiger partial charge in [0.1, 0.15) is 11.0 Å². The van der Waals surface area contributed by atoms with Crippen molar-refractivity contribution < 1.29 is 18.7 Å². The first-order valence-corrected chi connectivity index (χ1v) is 5.77. The maximum Gasteiger partial charge on any atom is 0.341 e. The van der Waals surface area contributed by atoms with Gasteiger partial charge in [-0.3, -0.25) is 0 Å². The van der Waals surface area contributed by atoms with Crippen LogP contribution >= 0.6 is 11.6 Å². The minimum absolute atomic E-state index is 0.0765. The second kappa shape index (κ2) is 6.11. The third kappa shape index (κ3) is 4.23. The molecule has 0 atom stereocenters. The first-order chi connectivity index (χ1) is 8.35. The zero-order valence-electron chi connectivity index (χ0n) is 10.5. The number of aromatic nitrogens is 1. The van der Waals surface area contributed by atoms with Gasteiger partial charge in [0.25, 0.3) is 0 Å². The van der Waals surface area contributed by atoms with Crippen molar-refractivity contribution in [2.24, 2.45) is 0 Å². The Morgan fingerprint density at radius 2 is 2.22 bits per heavy atom. The molecule has 18 heavy (non-hydrogen) atoms. The number of esters is 1. The fraction of sp³-hybridized carbons (Fsp3) is 0.500. The molecular weight excluding hydrogens is 261 g/mol. The molecule has 0 aromatic carbocycles. The molecule has 0 spiro atoms. The summed E-state index contributed by atoms with van der Waals surface area (Å²) in [5, 5.41) is -0.0765. The maximum atomic E-state index is 12.9. The molecule has 1 aromatic heterocycles. The van der Waals surface area contributed by atoms with Gasteiger partial charge >= 0.3 is 5.97 Å². The van der Waals surface area contributed by atoms with Crippen molar-refractivity contribution in [1.82, 2.24) is 4.98 Å². The van der Waals surface area contributed by atoms with Gasteiger partial charge in [0.2, 0.25) is 0 Å². The zero-order valence-corrected chi connectivity index (χ0v) is 11.3. The summed E-state index contributed by atoms with van der Waals surface area (Å²) in [5.41, 5.74) is -0.462. The van der Waals surface area contributed by atoms with Crippen molar-refractivity contribution in [2.45, 2.75) is 25.9 Å². The highest BCUT2D eigenvalue weighted by Gasteiger charge is 2.19. The SMILES string of the molecule is COC(C)(C)CCOC(=O)c1cc(F)cnc1Cl. The molecule has 4 nitrogen and oxygen atoms in total. The lowest BCUT2D eigenvalue weighted by atomic mass is 10.1. The van der Waals surface area contributed by atoms with E-state index in [4.69, 9.17) is 21.1 Å². The Bertz CT molecular complexity index is 437. The van der Waals surface area contributed by atoms with Gasteiger partial charge in [0.15, 0.2) is 0 Å². The maximum absolute atomic E-state index is 12.9. The number of nitrogens with zero attached hydrogens (tertiary/aromatic N) is 1. The first kappa shape index (κ1) is 14.9. The molecule has 0 saturated heterocycles. The largest absolute Gasteiger partial charge is 0.462 e. The number of hydrogen-bond acceptors (Lipinski definition) is 4. The highest BCUT2D eigenvalue weighted by atomic mass is 35.5. The summed E-state index contributed by atoms with van der Waals surface area (Å²) >= 11 is 5.68.